The van der Waals surface area contributed by atoms with E-state index >= 15 is 0 Å². The zero-order valence-electron chi connectivity index (χ0n) is 13.8. The SMILES string of the molecule is Nc1nc(C(=O)Nc2cc(-c3cnn(C4CCNC4)c3)ccc2Cl)co1. The molecule has 1 saturated heterocycles. The second kappa shape index (κ2) is 6.81. The van der Waals surface area contributed by atoms with Crippen molar-refractivity contribution >= 4 is 29.2 Å². The first-order valence-electron chi connectivity index (χ1n) is 8.17. The predicted molar refractivity (Wildman–Crippen MR) is 98.1 cm³/mol. The molecule has 3 heterocycles. The van der Waals surface area contributed by atoms with Gasteiger partial charge in [-0.1, -0.05) is 17.7 Å². The van der Waals surface area contributed by atoms with Gasteiger partial charge < -0.3 is 20.8 Å². The quantitative estimate of drug-likeness (QED) is 0.649. The number of aromatic nitrogens is 3. The molecule has 0 spiro atoms. The molecule has 1 unspecified atom stereocenters. The smallest absolute Gasteiger partial charge is 0.292 e. The van der Waals surface area contributed by atoms with Crippen LogP contribution in [0, 0.1) is 0 Å². The number of carbonyl (C=O) groups excluding carboxylic acids is 1. The van der Waals surface area contributed by atoms with Gasteiger partial charge in [-0.25, -0.2) is 0 Å². The average molecular weight is 373 g/mol. The molecular weight excluding hydrogens is 356 g/mol. The van der Waals surface area contributed by atoms with E-state index < -0.39 is 5.91 Å². The number of benzene rings is 1. The molecule has 3 aromatic rings. The van der Waals surface area contributed by atoms with Crippen LogP contribution in [0.25, 0.3) is 11.1 Å². The van der Waals surface area contributed by atoms with Crippen LogP contribution in [-0.2, 0) is 0 Å². The Morgan fingerprint density at radius 1 is 1.42 bits per heavy atom. The van der Waals surface area contributed by atoms with Crippen molar-refractivity contribution in [2.24, 2.45) is 0 Å². The van der Waals surface area contributed by atoms with Crippen LogP contribution in [0.3, 0.4) is 0 Å². The van der Waals surface area contributed by atoms with Gasteiger partial charge in [0, 0.05) is 18.3 Å². The zero-order chi connectivity index (χ0) is 18.1. The van der Waals surface area contributed by atoms with Gasteiger partial charge in [-0.3, -0.25) is 9.48 Å². The van der Waals surface area contributed by atoms with Crippen LogP contribution in [0.2, 0.25) is 5.02 Å². The Morgan fingerprint density at radius 3 is 3.04 bits per heavy atom. The molecule has 1 aliphatic heterocycles. The first-order valence-corrected chi connectivity index (χ1v) is 8.55. The summed E-state index contributed by atoms with van der Waals surface area (Å²) in [6.07, 6.45) is 6.07. The highest BCUT2D eigenvalue weighted by Gasteiger charge is 2.18. The molecule has 0 bridgehead atoms. The number of hydrogen-bond donors (Lipinski definition) is 3. The summed E-state index contributed by atoms with van der Waals surface area (Å²) >= 11 is 6.22. The summed E-state index contributed by atoms with van der Waals surface area (Å²) < 4.78 is 6.83. The van der Waals surface area contributed by atoms with Gasteiger partial charge >= 0.3 is 0 Å². The van der Waals surface area contributed by atoms with Crippen LogP contribution >= 0.6 is 11.6 Å². The van der Waals surface area contributed by atoms with E-state index in [4.69, 9.17) is 21.8 Å². The molecule has 1 atom stereocenters. The van der Waals surface area contributed by atoms with E-state index in [0.717, 1.165) is 30.6 Å². The van der Waals surface area contributed by atoms with Crippen molar-refractivity contribution in [2.75, 3.05) is 24.1 Å². The Morgan fingerprint density at radius 2 is 2.31 bits per heavy atom. The van der Waals surface area contributed by atoms with E-state index in [1.165, 1.54) is 6.26 Å². The van der Waals surface area contributed by atoms with Crippen LogP contribution < -0.4 is 16.4 Å². The first kappa shape index (κ1) is 16.6. The fraction of sp³-hybridized carbons (Fsp3) is 0.235. The molecule has 0 saturated carbocycles. The third-order valence-electron chi connectivity index (χ3n) is 4.31. The van der Waals surface area contributed by atoms with Crippen LogP contribution in [0.5, 0.6) is 0 Å². The van der Waals surface area contributed by atoms with Gasteiger partial charge in [0.2, 0.25) is 0 Å². The molecule has 8 nitrogen and oxygen atoms in total. The first-order chi connectivity index (χ1) is 12.6. The monoisotopic (exact) mass is 372 g/mol. The van der Waals surface area contributed by atoms with Crippen LogP contribution in [-0.4, -0.2) is 33.8 Å². The van der Waals surface area contributed by atoms with Crippen molar-refractivity contribution in [1.82, 2.24) is 20.1 Å². The summed E-state index contributed by atoms with van der Waals surface area (Å²) in [6.45, 7) is 1.92. The number of nitrogens with two attached hydrogens (primary N) is 1. The molecule has 9 heteroatoms. The average Bonchev–Trinajstić information content (AvgIpc) is 3.37. The fourth-order valence-corrected chi connectivity index (χ4v) is 3.10. The molecule has 26 heavy (non-hydrogen) atoms. The minimum absolute atomic E-state index is 0.0659. The van der Waals surface area contributed by atoms with Crippen molar-refractivity contribution in [3.8, 4) is 11.1 Å². The summed E-state index contributed by atoms with van der Waals surface area (Å²) in [5, 5.41) is 10.9. The molecule has 4 rings (SSSR count). The Bertz CT molecular complexity index is 944. The lowest BCUT2D eigenvalue weighted by atomic mass is 10.1. The van der Waals surface area contributed by atoms with Gasteiger partial charge in [0.05, 0.1) is 22.9 Å². The van der Waals surface area contributed by atoms with Crippen LogP contribution in [0.15, 0.2) is 41.3 Å². The van der Waals surface area contributed by atoms with E-state index in [9.17, 15) is 4.79 Å². The molecular formula is C17H17ClN6O2. The normalized spacial score (nSPS) is 16.7. The number of nitrogens with one attached hydrogen (secondary N) is 2. The molecule has 0 radical (unpaired) electrons. The van der Waals surface area contributed by atoms with Gasteiger partial charge in [0.25, 0.3) is 11.9 Å². The molecule has 1 aromatic carbocycles. The minimum Gasteiger partial charge on any atom is -0.431 e. The molecule has 1 amide bonds. The maximum absolute atomic E-state index is 12.2. The predicted octanol–water partition coefficient (Wildman–Crippen LogP) is 2.56. The topological polar surface area (TPSA) is 111 Å². The van der Waals surface area contributed by atoms with Crippen LogP contribution in [0.4, 0.5) is 11.7 Å². The number of anilines is 2. The molecule has 0 aliphatic carbocycles. The second-order valence-corrected chi connectivity index (χ2v) is 6.48. The molecule has 2 aromatic heterocycles. The van der Waals surface area contributed by atoms with Gasteiger partial charge in [0.15, 0.2) is 5.69 Å². The van der Waals surface area contributed by atoms with Crippen molar-refractivity contribution < 1.29 is 9.21 Å². The van der Waals surface area contributed by atoms with E-state index in [0.29, 0.717) is 16.8 Å². The standard InChI is InChI=1S/C17H17ClN6O2/c18-13-2-1-10(11-6-21-24(8-11)12-3-4-20-7-12)5-14(13)22-16(25)15-9-26-17(19)23-15/h1-2,5-6,8-9,12,20H,3-4,7H2,(H2,19,23)(H,22,25). The van der Waals surface area contributed by atoms with E-state index in [1.807, 2.05) is 23.1 Å². The van der Waals surface area contributed by atoms with Gasteiger partial charge in [-0.15, -0.1) is 0 Å². The molecule has 134 valence electrons. The van der Waals surface area contributed by atoms with Gasteiger partial charge in [-0.2, -0.15) is 10.1 Å². The lowest BCUT2D eigenvalue weighted by molar-refractivity contribution is 0.102. The van der Waals surface area contributed by atoms with Gasteiger partial charge in [-0.05, 0) is 30.7 Å². The number of nitrogens with zero attached hydrogens (tertiary/aromatic N) is 3. The van der Waals surface area contributed by atoms with E-state index in [2.05, 4.69) is 20.7 Å². The van der Waals surface area contributed by atoms with Crippen molar-refractivity contribution in [1.29, 1.82) is 0 Å². The molecule has 1 aliphatic rings. The largest absolute Gasteiger partial charge is 0.431 e. The summed E-state index contributed by atoms with van der Waals surface area (Å²) in [7, 11) is 0. The number of rotatable bonds is 4. The van der Waals surface area contributed by atoms with Crippen LogP contribution in [0.1, 0.15) is 23.0 Å². The lowest BCUT2D eigenvalue weighted by Gasteiger charge is -2.09. The van der Waals surface area contributed by atoms with Crippen molar-refractivity contribution in [2.45, 2.75) is 12.5 Å². The highest BCUT2D eigenvalue weighted by molar-refractivity contribution is 6.34. The third kappa shape index (κ3) is 3.29. The fourth-order valence-electron chi connectivity index (χ4n) is 2.93. The third-order valence-corrected chi connectivity index (χ3v) is 4.64. The summed E-state index contributed by atoms with van der Waals surface area (Å²) in [5.74, 6) is -0.447. The number of carbonyl (C=O) groups is 1. The minimum atomic E-state index is -0.447. The maximum Gasteiger partial charge on any atom is 0.292 e. The summed E-state index contributed by atoms with van der Waals surface area (Å²) in [4.78, 5) is 16.0. The van der Waals surface area contributed by atoms with E-state index in [1.54, 1.807) is 12.1 Å². The van der Waals surface area contributed by atoms with Crippen molar-refractivity contribution in [3.63, 3.8) is 0 Å². The number of hydrogen-bond acceptors (Lipinski definition) is 6. The number of nitrogen functional groups attached to an aromatic ring is 1. The Balaban J connectivity index is 1.57. The van der Waals surface area contributed by atoms with E-state index in [-0.39, 0.29) is 11.7 Å². The van der Waals surface area contributed by atoms with Gasteiger partial charge in [0.1, 0.15) is 6.26 Å². The second-order valence-electron chi connectivity index (χ2n) is 6.08. The molecule has 4 N–H and O–H groups in total. The lowest BCUT2D eigenvalue weighted by Crippen LogP contribution is -2.13. The van der Waals surface area contributed by atoms with Crippen molar-refractivity contribution in [3.05, 3.63) is 47.6 Å². The Hall–Kier alpha value is -2.84. The number of oxazole rings is 1. The summed E-state index contributed by atoms with van der Waals surface area (Å²) in [5.41, 5.74) is 7.82. The molecule has 1 fully saturated rings. The highest BCUT2D eigenvalue weighted by Crippen LogP contribution is 2.30. The maximum atomic E-state index is 12.2. The zero-order valence-corrected chi connectivity index (χ0v) is 14.5. The number of halogens is 1. The highest BCUT2D eigenvalue weighted by atomic mass is 35.5. The Kier molecular flexibility index (Phi) is 4.36. The summed E-state index contributed by atoms with van der Waals surface area (Å²) in [6, 6.07) is 5.73. The Labute approximate surface area is 154 Å². The number of amides is 1.